The van der Waals surface area contributed by atoms with Crippen molar-refractivity contribution in [3.05, 3.63) is 41.4 Å². The van der Waals surface area contributed by atoms with Crippen molar-refractivity contribution in [3.63, 3.8) is 0 Å². The van der Waals surface area contributed by atoms with Crippen LogP contribution in [0.4, 0.5) is 0 Å². The van der Waals surface area contributed by atoms with E-state index >= 15 is 0 Å². The highest BCUT2D eigenvalue weighted by atomic mass is 32.2. The Morgan fingerprint density at radius 3 is 2.33 bits per heavy atom. The van der Waals surface area contributed by atoms with Gasteiger partial charge in [0.05, 0.1) is 19.8 Å². The van der Waals surface area contributed by atoms with Crippen LogP contribution in [0.1, 0.15) is 21.9 Å². The zero-order chi connectivity index (χ0) is 23.8. The van der Waals surface area contributed by atoms with Crippen LogP contribution in [0.2, 0.25) is 0 Å². The van der Waals surface area contributed by atoms with Gasteiger partial charge in [-0.05, 0) is 32.0 Å². The summed E-state index contributed by atoms with van der Waals surface area (Å²) in [6.07, 6.45) is 0. The molecule has 0 spiro atoms. The minimum atomic E-state index is -3.76. The molecule has 1 saturated heterocycles. The van der Waals surface area contributed by atoms with E-state index in [1.165, 1.54) is 17.5 Å². The Morgan fingerprint density at radius 1 is 1.00 bits per heavy atom. The van der Waals surface area contributed by atoms with Crippen LogP contribution in [0.5, 0.6) is 11.5 Å². The van der Waals surface area contributed by atoms with E-state index in [1.807, 2.05) is 0 Å². The molecule has 2 aromatic heterocycles. The highest BCUT2D eigenvalue weighted by molar-refractivity contribution is 7.89. The zero-order valence-corrected chi connectivity index (χ0v) is 19.5. The number of carbonyl (C=O) groups is 1. The van der Waals surface area contributed by atoms with Gasteiger partial charge in [0, 0.05) is 32.2 Å². The predicted octanol–water partition coefficient (Wildman–Crippen LogP) is 2.11. The molecule has 1 amide bonds. The lowest BCUT2D eigenvalue weighted by Crippen LogP contribution is -2.50. The summed E-state index contributed by atoms with van der Waals surface area (Å²) < 4.78 is 48.3. The first kappa shape index (κ1) is 22.8. The fraction of sp³-hybridized carbons (Fsp3) is 0.381. The summed E-state index contributed by atoms with van der Waals surface area (Å²) in [7, 11) is -0.681. The number of hydrogen-bond donors (Lipinski definition) is 0. The summed E-state index contributed by atoms with van der Waals surface area (Å²) >= 11 is 0. The van der Waals surface area contributed by atoms with Gasteiger partial charge in [0.25, 0.3) is 5.91 Å². The Balaban J connectivity index is 1.48. The monoisotopic (exact) mass is 476 g/mol. The number of methoxy groups -OCH3 is 2. The van der Waals surface area contributed by atoms with Crippen molar-refractivity contribution in [1.29, 1.82) is 0 Å². The molecule has 0 aliphatic carbocycles. The Bertz CT molecular complexity index is 1250. The van der Waals surface area contributed by atoms with Gasteiger partial charge in [-0.3, -0.25) is 4.79 Å². The number of nitrogens with zero attached hydrogens (tertiary/aromatic N) is 4. The maximum Gasteiger partial charge on any atom is 0.276 e. The van der Waals surface area contributed by atoms with Crippen LogP contribution in [-0.4, -0.2) is 74.2 Å². The van der Waals surface area contributed by atoms with Crippen molar-refractivity contribution in [2.75, 3.05) is 40.4 Å². The zero-order valence-electron chi connectivity index (χ0n) is 18.7. The van der Waals surface area contributed by atoms with Crippen molar-refractivity contribution in [2.24, 2.45) is 0 Å². The summed E-state index contributed by atoms with van der Waals surface area (Å²) in [5.41, 5.74) is 1.03. The molecule has 1 aliphatic heterocycles. The van der Waals surface area contributed by atoms with Gasteiger partial charge < -0.3 is 23.4 Å². The van der Waals surface area contributed by atoms with E-state index in [0.717, 1.165) is 0 Å². The highest BCUT2D eigenvalue weighted by Crippen LogP contribution is 2.34. The molecule has 176 valence electrons. The summed E-state index contributed by atoms with van der Waals surface area (Å²) in [5.74, 6) is 1.40. The van der Waals surface area contributed by atoms with Gasteiger partial charge >= 0.3 is 0 Å². The first-order chi connectivity index (χ1) is 15.8. The molecule has 11 nitrogen and oxygen atoms in total. The molecule has 1 aromatic carbocycles. The quantitative estimate of drug-likeness (QED) is 0.525. The standard InChI is InChI=1S/C21H24N4O7S/c1-13-20(14(2)31-22-13)33(27,28)25-9-7-24(8-10-25)21(26)17-12-19(32-23-17)16-11-15(29-3)5-6-18(16)30-4/h5-6,11-12H,7-10H2,1-4H3. The lowest BCUT2D eigenvalue weighted by atomic mass is 10.1. The van der Waals surface area contributed by atoms with Crippen molar-refractivity contribution in [2.45, 2.75) is 18.7 Å². The molecule has 0 N–H and O–H groups in total. The van der Waals surface area contributed by atoms with Crippen LogP contribution >= 0.6 is 0 Å². The van der Waals surface area contributed by atoms with Gasteiger partial charge in [-0.2, -0.15) is 4.31 Å². The number of benzene rings is 1. The highest BCUT2D eigenvalue weighted by Gasteiger charge is 2.35. The van der Waals surface area contributed by atoms with Crippen molar-refractivity contribution in [3.8, 4) is 22.8 Å². The van der Waals surface area contributed by atoms with E-state index in [1.54, 1.807) is 44.1 Å². The fourth-order valence-electron chi connectivity index (χ4n) is 3.78. The third kappa shape index (κ3) is 4.18. The molecule has 0 unspecified atom stereocenters. The summed E-state index contributed by atoms with van der Waals surface area (Å²) in [6.45, 7) is 3.87. The molecule has 0 radical (unpaired) electrons. The molecule has 0 bridgehead atoms. The number of piperazine rings is 1. The summed E-state index contributed by atoms with van der Waals surface area (Å²) in [4.78, 5) is 14.6. The average molecular weight is 477 g/mol. The normalized spacial score (nSPS) is 15.0. The number of aromatic nitrogens is 2. The largest absolute Gasteiger partial charge is 0.497 e. The molecule has 3 heterocycles. The third-order valence-corrected chi connectivity index (χ3v) is 7.64. The molecule has 4 rings (SSSR count). The van der Waals surface area contributed by atoms with Crippen molar-refractivity contribution in [1.82, 2.24) is 19.5 Å². The second-order valence-corrected chi connectivity index (χ2v) is 9.37. The van der Waals surface area contributed by atoms with Crippen LogP contribution in [-0.2, 0) is 10.0 Å². The molecule has 0 saturated carbocycles. The van der Waals surface area contributed by atoms with Gasteiger partial charge in [0.2, 0.25) is 10.0 Å². The second-order valence-electron chi connectivity index (χ2n) is 7.49. The van der Waals surface area contributed by atoms with Gasteiger partial charge in [-0.1, -0.05) is 10.3 Å². The van der Waals surface area contributed by atoms with E-state index in [4.69, 9.17) is 18.5 Å². The van der Waals surface area contributed by atoms with Gasteiger partial charge in [-0.25, -0.2) is 8.42 Å². The van der Waals surface area contributed by atoms with Crippen LogP contribution in [0, 0.1) is 13.8 Å². The number of amides is 1. The molecule has 1 aliphatic rings. The van der Waals surface area contributed by atoms with E-state index in [0.29, 0.717) is 28.5 Å². The minimum Gasteiger partial charge on any atom is -0.497 e. The van der Waals surface area contributed by atoms with Gasteiger partial charge in [-0.15, -0.1) is 0 Å². The third-order valence-electron chi connectivity index (χ3n) is 5.49. The minimum absolute atomic E-state index is 0.0793. The Kier molecular flexibility index (Phi) is 6.13. The average Bonchev–Trinajstić information content (AvgIpc) is 3.45. The number of hydrogen-bond acceptors (Lipinski definition) is 9. The van der Waals surface area contributed by atoms with Crippen LogP contribution in [0.15, 0.2) is 38.2 Å². The van der Waals surface area contributed by atoms with Crippen molar-refractivity contribution < 1.29 is 31.7 Å². The molecule has 1 fully saturated rings. The Labute approximate surface area is 190 Å². The Morgan fingerprint density at radius 2 is 1.73 bits per heavy atom. The van der Waals surface area contributed by atoms with Crippen LogP contribution < -0.4 is 9.47 Å². The first-order valence-corrected chi connectivity index (χ1v) is 11.6. The van der Waals surface area contributed by atoms with Crippen molar-refractivity contribution >= 4 is 15.9 Å². The maximum absolute atomic E-state index is 13.0. The second kappa shape index (κ2) is 8.87. The topological polar surface area (TPSA) is 128 Å². The van der Waals surface area contributed by atoms with E-state index < -0.39 is 10.0 Å². The van der Waals surface area contributed by atoms with Crippen LogP contribution in [0.25, 0.3) is 11.3 Å². The van der Waals surface area contributed by atoms with E-state index in [2.05, 4.69) is 10.3 Å². The lowest BCUT2D eigenvalue weighted by molar-refractivity contribution is 0.0687. The number of ether oxygens (including phenoxy) is 2. The van der Waals surface area contributed by atoms with E-state index in [9.17, 15) is 13.2 Å². The SMILES string of the molecule is COc1ccc(OC)c(-c2cc(C(=O)N3CCN(S(=O)(=O)c4c(C)noc4C)CC3)no2)c1. The lowest BCUT2D eigenvalue weighted by Gasteiger charge is -2.33. The Hall–Kier alpha value is -3.38. The smallest absolute Gasteiger partial charge is 0.276 e. The van der Waals surface area contributed by atoms with Gasteiger partial charge in [0.15, 0.2) is 17.2 Å². The molecule has 33 heavy (non-hydrogen) atoms. The number of sulfonamides is 1. The first-order valence-electron chi connectivity index (χ1n) is 10.2. The molecule has 12 heteroatoms. The molecule has 3 aromatic rings. The van der Waals surface area contributed by atoms with Crippen LogP contribution in [0.3, 0.4) is 0 Å². The fourth-order valence-corrected chi connectivity index (χ4v) is 5.49. The molecular formula is C21H24N4O7S. The summed E-state index contributed by atoms with van der Waals surface area (Å²) in [6, 6.07) is 6.75. The number of rotatable bonds is 6. The maximum atomic E-state index is 13.0. The van der Waals surface area contributed by atoms with Gasteiger partial charge in [0.1, 0.15) is 22.1 Å². The molecule has 0 atom stereocenters. The number of aryl methyl sites for hydroxylation is 2. The predicted molar refractivity (Wildman–Crippen MR) is 116 cm³/mol. The van der Waals surface area contributed by atoms with E-state index in [-0.39, 0.29) is 48.4 Å². The summed E-state index contributed by atoms with van der Waals surface area (Å²) in [5, 5.41) is 7.64. The molecular weight excluding hydrogens is 452 g/mol. The number of carbonyl (C=O) groups excluding carboxylic acids is 1.